The summed E-state index contributed by atoms with van der Waals surface area (Å²) in [6, 6.07) is 20.7. The first kappa shape index (κ1) is 29.6. The highest BCUT2D eigenvalue weighted by molar-refractivity contribution is 5.95. The number of halogens is 1. The molecule has 9 heteroatoms. The number of anilines is 1. The van der Waals surface area contributed by atoms with Gasteiger partial charge in [-0.05, 0) is 74.9 Å². The molecule has 3 aromatic rings. The van der Waals surface area contributed by atoms with Crippen molar-refractivity contribution in [1.29, 1.82) is 0 Å². The monoisotopic (exact) mass is 560 g/mol. The molecule has 0 radical (unpaired) electrons. The van der Waals surface area contributed by atoms with Crippen LogP contribution in [0.1, 0.15) is 56.7 Å². The lowest BCUT2D eigenvalue weighted by molar-refractivity contribution is -0.139. The van der Waals surface area contributed by atoms with Crippen molar-refractivity contribution < 1.29 is 23.5 Å². The summed E-state index contributed by atoms with van der Waals surface area (Å²) in [5.41, 5.74) is 1.74. The molecule has 4 rings (SSSR count). The van der Waals surface area contributed by atoms with Crippen LogP contribution in [0, 0.1) is 5.82 Å². The van der Waals surface area contributed by atoms with Gasteiger partial charge in [0.15, 0.2) is 0 Å². The lowest BCUT2D eigenvalue weighted by Gasteiger charge is -2.33. The molecule has 4 amide bonds. The molecule has 0 aromatic heterocycles. The van der Waals surface area contributed by atoms with Gasteiger partial charge in [-0.2, -0.15) is 0 Å². The summed E-state index contributed by atoms with van der Waals surface area (Å²) < 4.78 is 19.0. The summed E-state index contributed by atoms with van der Waals surface area (Å²) in [4.78, 5) is 42.0. The van der Waals surface area contributed by atoms with Crippen LogP contribution in [0.2, 0.25) is 0 Å². The van der Waals surface area contributed by atoms with E-state index in [0.717, 1.165) is 11.1 Å². The minimum absolute atomic E-state index is 0.179. The number of methoxy groups -OCH3 is 1. The lowest BCUT2D eigenvalue weighted by atomic mass is 9.86. The average Bonchev–Trinajstić information content (AvgIpc) is 3.05. The third kappa shape index (κ3) is 8.06. The Balaban J connectivity index is 1.68. The molecule has 1 aliphatic heterocycles. The molecule has 0 bridgehead atoms. The second kappa shape index (κ2) is 12.8. The molecular weight excluding hydrogens is 523 g/mol. The van der Waals surface area contributed by atoms with Gasteiger partial charge in [-0.1, -0.05) is 48.5 Å². The first-order chi connectivity index (χ1) is 19.5. The fraction of sp³-hybridized carbons (Fsp3) is 0.344. The minimum Gasteiger partial charge on any atom is -0.497 e. The van der Waals surface area contributed by atoms with Crippen LogP contribution in [-0.4, -0.2) is 48.0 Å². The molecule has 8 nitrogen and oxygen atoms in total. The molecule has 0 spiro atoms. The lowest BCUT2D eigenvalue weighted by Crippen LogP contribution is -2.53. The van der Waals surface area contributed by atoms with Crippen LogP contribution in [0.3, 0.4) is 0 Å². The third-order valence-electron chi connectivity index (χ3n) is 6.97. The van der Waals surface area contributed by atoms with E-state index in [0.29, 0.717) is 17.9 Å². The molecule has 1 saturated heterocycles. The molecule has 1 aliphatic rings. The second-order valence-electron chi connectivity index (χ2n) is 11.3. The molecule has 0 aliphatic carbocycles. The number of likely N-dealkylation sites (tertiary alicyclic amines) is 1. The normalized spacial score (nSPS) is 19.2. The molecule has 3 aromatic carbocycles. The van der Waals surface area contributed by atoms with Gasteiger partial charge < -0.3 is 25.6 Å². The van der Waals surface area contributed by atoms with Crippen molar-refractivity contribution in [2.75, 3.05) is 19.0 Å². The van der Waals surface area contributed by atoms with Gasteiger partial charge in [-0.3, -0.25) is 9.59 Å². The van der Waals surface area contributed by atoms with Gasteiger partial charge in [0.25, 0.3) is 0 Å². The Hall–Kier alpha value is -4.40. The maximum atomic E-state index is 14.2. The first-order valence-electron chi connectivity index (χ1n) is 13.7. The Kier molecular flexibility index (Phi) is 9.27. The first-order valence-corrected chi connectivity index (χ1v) is 13.7. The molecule has 1 heterocycles. The van der Waals surface area contributed by atoms with Crippen LogP contribution >= 0.6 is 0 Å². The van der Waals surface area contributed by atoms with Gasteiger partial charge in [-0.15, -0.1) is 0 Å². The van der Waals surface area contributed by atoms with Crippen molar-refractivity contribution >= 4 is 23.5 Å². The summed E-state index contributed by atoms with van der Waals surface area (Å²) >= 11 is 0. The number of rotatable bonds is 7. The number of urea groups is 1. The van der Waals surface area contributed by atoms with E-state index in [-0.39, 0.29) is 36.5 Å². The smallest absolute Gasteiger partial charge is 0.319 e. The summed E-state index contributed by atoms with van der Waals surface area (Å²) in [5.74, 6) is -0.653. The van der Waals surface area contributed by atoms with Crippen LogP contribution in [0.25, 0.3) is 0 Å². The molecule has 3 unspecified atom stereocenters. The zero-order valence-corrected chi connectivity index (χ0v) is 23.8. The van der Waals surface area contributed by atoms with Crippen LogP contribution < -0.4 is 20.7 Å². The van der Waals surface area contributed by atoms with Crippen LogP contribution in [0.5, 0.6) is 5.75 Å². The molecular formula is C32H37FN4O4. The fourth-order valence-corrected chi connectivity index (χ4v) is 5.18. The summed E-state index contributed by atoms with van der Waals surface area (Å²) in [7, 11) is 1.53. The largest absolute Gasteiger partial charge is 0.497 e. The number of benzene rings is 3. The van der Waals surface area contributed by atoms with E-state index in [1.165, 1.54) is 19.2 Å². The number of hydrogen-bond donors (Lipinski definition) is 3. The minimum atomic E-state index is -0.938. The van der Waals surface area contributed by atoms with Gasteiger partial charge in [0.1, 0.15) is 24.2 Å². The van der Waals surface area contributed by atoms with E-state index in [4.69, 9.17) is 4.74 Å². The van der Waals surface area contributed by atoms with Gasteiger partial charge in [0, 0.05) is 17.3 Å². The Morgan fingerprint density at radius 1 is 0.951 bits per heavy atom. The van der Waals surface area contributed by atoms with Crippen LogP contribution in [0.4, 0.5) is 14.9 Å². The topological polar surface area (TPSA) is 99.8 Å². The molecule has 1 fully saturated rings. The Labute approximate surface area is 240 Å². The predicted octanol–water partition coefficient (Wildman–Crippen LogP) is 5.39. The summed E-state index contributed by atoms with van der Waals surface area (Å²) in [5, 5.41) is 8.55. The van der Waals surface area contributed by atoms with Gasteiger partial charge >= 0.3 is 6.03 Å². The van der Waals surface area contributed by atoms with Gasteiger partial charge in [0.05, 0.1) is 13.2 Å². The van der Waals surface area contributed by atoms with Gasteiger partial charge in [0.2, 0.25) is 11.8 Å². The SMILES string of the molecule is COc1cccc(NC(=O)NC2CC(c3ccc(F)cc3)CC(c3ccccc3)N(CC(=O)NC(C)(C)C)C2=O)c1. The number of ether oxygens (including phenoxy) is 1. The van der Waals surface area contributed by atoms with Crippen molar-refractivity contribution in [1.82, 2.24) is 15.5 Å². The fourth-order valence-electron chi connectivity index (χ4n) is 5.18. The van der Waals surface area contributed by atoms with E-state index in [1.807, 2.05) is 51.1 Å². The molecule has 216 valence electrons. The van der Waals surface area contributed by atoms with Crippen LogP contribution in [-0.2, 0) is 9.59 Å². The zero-order valence-electron chi connectivity index (χ0n) is 23.8. The number of carbonyl (C=O) groups is 3. The van der Waals surface area contributed by atoms with Crippen molar-refractivity contribution in [2.45, 2.75) is 57.2 Å². The van der Waals surface area contributed by atoms with E-state index in [1.54, 1.807) is 41.3 Å². The summed E-state index contributed by atoms with van der Waals surface area (Å²) in [6.07, 6.45) is 0.761. The van der Waals surface area contributed by atoms with E-state index >= 15 is 0 Å². The molecule has 3 N–H and O–H groups in total. The second-order valence-corrected chi connectivity index (χ2v) is 11.3. The standard InChI is InChI=1S/C32H37FN4O4/c1-32(2,3)36-29(38)20-37-28(22-9-6-5-7-10-22)18-23(21-13-15-24(33)16-14-21)17-27(30(37)39)35-31(40)34-25-11-8-12-26(19-25)41-4/h5-16,19,23,27-28H,17-18,20H2,1-4H3,(H,36,38)(H2,34,35,40). The highest BCUT2D eigenvalue weighted by Gasteiger charge is 2.40. The van der Waals surface area contributed by atoms with E-state index in [9.17, 15) is 18.8 Å². The number of nitrogens with zero attached hydrogens (tertiary/aromatic N) is 1. The Bertz CT molecular complexity index is 1360. The molecule has 3 atom stereocenters. The number of nitrogens with one attached hydrogen (secondary N) is 3. The number of carbonyl (C=O) groups excluding carboxylic acids is 3. The van der Waals surface area contributed by atoms with E-state index in [2.05, 4.69) is 16.0 Å². The Morgan fingerprint density at radius 3 is 2.32 bits per heavy atom. The third-order valence-corrected chi connectivity index (χ3v) is 6.97. The van der Waals surface area contributed by atoms with Crippen molar-refractivity contribution in [3.8, 4) is 5.75 Å². The van der Waals surface area contributed by atoms with Crippen molar-refractivity contribution in [3.63, 3.8) is 0 Å². The maximum Gasteiger partial charge on any atom is 0.319 e. The zero-order chi connectivity index (χ0) is 29.6. The molecule has 0 saturated carbocycles. The quantitative estimate of drug-likeness (QED) is 0.361. The van der Waals surface area contributed by atoms with Crippen molar-refractivity contribution in [2.24, 2.45) is 0 Å². The summed E-state index contributed by atoms with van der Waals surface area (Å²) in [6.45, 7) is 5.45. The highest BCUT2D eigenvalue weighted by Crippen LogP contribution is 2.39. The highest BCUT2D eigenvalue weighted by atomic mass is 19.1. The number of hydrogen-bond acceptors (Lipinski definition) is 4. The van der Waals surface area contributed by atoms with Gasteiger partial charge in [-0.25, -0.2) is 9.18 Å². The Morgan fingerprint density at radius 2 is 1.66 bits per heavy atom. The number of amides is 4. The van der Waals surface area contributed by atoms with Crippen LogP contribution in [0.15, 0.2) is 78.9 Å². The van der Waals surface area contributed by atoms with E-state index < -0.39 is 23.7 Å². The predicted molar refractivity (Wildman–Crippen MR) is 156 cm³/mol. The maximum absolute atomic E-state index is 14.2. The average molecular weight is 561 g/mol. The molecule has 41 heavy (non-hydrogen) atoms. The van der Waals surface area contributed by atoms with Crippen molar-refractivity contribution in [3.05, 3.63) is 95.8 Å².